The van der Waals surface area contributed by atoms with Crippen LogP contribution in [0.4, 0.5) is 5.69 Å². The zero-order valence-corrected chi connectivity index (χ0v) is 14.0. The maximum absolute atomic E-state index is 12.1. The van der Waals surface area contributed by atoms with E-state index in [0.29, 0.717) is 13.1 Å². The Morgan fingerprint density at radius 3 is 2.75 bits per heavy atom. The number of carbonyl (C=O) groups is 1. The van der Waals surface area contributed by atoms with Crippen LogP contribution in [-0.4, -0.2) is 45.7 Å². The monoisotopic (exact) mass is 330 g/mol. The Kier molecular flexibility index (Phi) is 5.38. The molecule has 1 saturated heterocycles. The summed E-state index contributed by atoms with van der Waals surface area (Å²) < 4.78 is 10.7. The number of carbonyl (C=O) groups excluding carboxylic acids is 1. The summed E-state index contributed by atoms with van der Waals surface area (Å²) in [6.07, 6.45) is 1.61. The van der Waals surface area contributed by atoms with Gasteiger partial charge in [-0.2, -0.15) is 0 Å². The lowest BCUT2D eigenvalue weighted by molar-refractivity contribution is -0.892. The van der Waals surface area contributed by atoms with Crippen LogP contribution in [-0.2, 0) is 11.3 Å². The van der Waals surface area contributed by atoms with E-state index in [4.69, 9.17) is 9.15 Å². The first-order chi connectivity index (χ1) is 11.8. The first-order valence-corrected chi connectivity index (χ1v) is 8.27. The zero-order chi connectivity index (χ0) is 16.8. The number of amides is 1. The summed E-state index contributed by atoms with van der Waals surface area (Å²) >= 11 is 0. The van der Waals surface area contributed by atoms with Gasteiger partial charge in [0.2, 0.25) is 0 Å². The maximum atomic E-state index is 12.1. The third kappa shape index (κ3) is 4.08. The van der Waals surface area contributed by atoms with Gasteiger partial charge in [-0.25, -0.2) is 0 Å². The van der Waals surface area contributed by atoms with Crippen molar-refractivity contribution in [1.82, 2.24) is 5.32 Å². The van der Waals surface area contributed by atoms with E-state index in [-0.39, 0.29) is 5.91 Å². The highest BCUT2D eigenvalue weighted by Crippen LogP contribution is 2.27. The van der Waals surface area contributed by atoms with Gasteiger partial charge in [-0.15, -0.1) is 0 Å². The van der Waals surface area contributed by atoms with Crippen LogP contribution in [0.2, 0.25) is 0 Å². The van der Waals surface area contributed by atoms with E-state index >= 15 is 0 Å². The minimum atomic E-state index is 0.0622. The molecule has 0 unspecified atom stereocenters. The first kappa shape index (κ1) is 16.4. The molecule has 1 aromatic carbocycles. The number of hydrogen-bond acceptors (Lipinski definition) is 4. The number of ether oxygens (including phenoxy) is 1. The predicted octanol–water partition coefficient (Wildman–Crippen LogP) is 0.310. The minimum absolute atomic E-state index is 0.0622. The third-order valence-corrected chi connectivity index (χ3v) is 4.35. The molecule has 0 saturated carbocycles. The van der Waals surface area contributed by atoms with Crippen molar-refractivity contribution in [2.24, 2.45) is 0 Å². The van der Waals surface area contributed by atoms with Gasteiger partial charge in [-0.3, -0.25) is 4.79 Å². The normalized spacial score (nSPS) is 15.3. The molecule has 1 aliphatic rings. The Morgan fingerprint density at radius 1 is 1.25 bits per heavy atom. The van der Waals surface area contributed by atoms with Crippen LogP contribution < -0.4 is 19.9 Å². The molecule has 2 aromatic rings. The molecule has 0 atom stereocenters. The highest BCUT2D eigenvalue weighted by Gasteiger charge is 2.23. The molecular formula is C18H24N3O3+. The van der Waals surface area contributed by atoms with E-state index in [0.717, 1.165) is 43.4 Å². The smallest absolute Gasteiger partial charge is 0.275 e. The number of quaternary nitrogens is 1. The molecule has 6 nitrogen and oxygen atoms in total. The van der Waals surface area contributed by atoms with Crippen LogP contribution in [0.25, 0.3) is 0 Å². The summed E-state index contributed by atoms with van der Waals surface area (Å²) in [5.74, 6) is 1.74. The summed E-state index contributed by atoms with van der Waals surface area (Å²) in [7, 11) is 1.70. The van der Waals surface area contributed by atoms with E-state index < -0.39 is 0 Å². The molecule has 0 radical (unpaired) electrons. The van der Waals surface area contributed by atoms with E-state index in [1.54, 1.807) is 13.4 Å². The van der Waals surface area contributed by atoms with Crippen molar-refractivity contribution in [3.63, 3.8) is 0 Å². The van der Waals surface area contributed by atoms with Gasteiger partial charge >= 0.3 is 0 Å². The molecule has 1 aliphatic heterocycles. The molecule has 2 N–H and O–H groups in total. The van der Waals surface area contributed by atoms with Crippen LogP contribution in [0.1, 0.15) is 5.76 Å². The van der Waals surface area contributed by atoms with Crippen molar-refractivity contribution in [3.8, 4) is 5.75 Å². The first-order valence-electron chi connectivity index (χ1n) is 8.27. The number of furan rings is 1. The molecule has 0 spiro atoms. The lowest BCUT2D eigenvalue weighted by Crippen LogP contribution is -3.15. The second kappa shape index (κ2) is 7.88. The Morgan fingerprint density at radius 2 is 2.04 bits per heavy atom. The molecule has 1 aromatic heterocycles. The number of methoxy groups -OCH3 is 1. The Balaban J connectivity index is 1.45. The van der Waals surface area contributed by atoms with Crippen molar-refractivity contribution in [2.75, 3.05) is 44.7 Å². The van der Waals surface area contributed by atoms with E-state index in [2.05, 4.69) is 16.3 Å². The van der Waals surface area contributed by atoms with Crippen molar-refractivity contribution in [2.45, 2.75) is 6.54 Å². The summed E-state index contributed by atoms with van der Waals surface area (Å²) in [4.78, 5) is 15.7. The number of para-hydroxylation sites is 2. The third-order valence-electron chi connectivity index (χ3n) is 4.35. The molecule has 2 heterocycles. The number of benzene rings is 1. The molecule has 0 aliphatic carbocycles. The Labute approximate surface area is 142 Å². The summed E-state index contributed by atoms with van der Waals surface area (Å²) in [6.45, 7) is 4.66. The van der Waals surface area contributed by atoms with Crippen LogP contribution >= 0.6 is 0 Å². The maximum Gasteiger partial charge on any atom is 0.275 e. The van der Waals surface area contributed by atoms with Gasteiger partial charge in [-0.05, 0) is 24.3 Å². The highest BCUT2D eigenvalue weighted by atomic mass is 16.5. The van der Waals surface area contributed by atoms with Crippen LogP contribution in [0.5, 0.6) is 5.75 Å². The summed E-state index contributed by atoms with van der Waals surface area (Å²) in [5.41, 5.74) is 1.13. The van der Waals surface area contributed by atoms with Gasteiger partial charge in [0, 0.05) is 0 Å². The number of rotatable bonds is 6. The average Bonchev–Trinajstić information content (AvgIpc) is 3.14. The van der Waals surface area contributed by atoms with Crippen LogP contribution in [0.3, 0.4) is 0 Å². The number of nitrogens with one attached hydrogen (secondary N) is 2. The van der Waals surface area contributed by atoms with Gasteiger partial charge in [-0.1, -0.05) is 12.1 Å². The molecule has 1 amide bonds. The average molecular weight is 330 g/mol. The molecule has 1 fully saturated rings. The van der Waals surface area contributed by atoms with Gasteiger partial charge < -0.3 is 24.3 Å². The Bertz CT molecular complexity index is 649. The minimum Gasteiger partial charge on any atom is -0.495 e. The topological polar surface area (TPSA) is 59.2 Å². The zero-order valence-electron chi connectivity index (χ0n) is 14.0. The van der Waals surface area contributed by atoms with Gasteiger partial charge in [0.05, 0.1) is 51.8 Å². The highest BCUT2D eigenvalue weighted by molar-refractivity contribution is 5.76. The standard InChI is InChI=1S/C18H23N3O3/c1-23-17-7-3-2-6-16(17)21-10-8-20(9-11-21)14-18(22)19-13-15-5-4-12-24-15/h2-7,12H,8-11,13-14H2,1H3,(H,19,22)/p+1. The predicted molar refractivity (Wildman–Crippen MR) is 91.3 cm³/mol. The van der Waals surface area contributed by atoms with Crippen molar-refractivity contribution in [1.29, 1.82) is 0 Å². The van der Waals surface area contributed by atoms with Gasteiger partial charge in [0.15, 0.2) is 6.54 Å². The molecule has 0 bridgehead atoms. The van der Waals surface area contributed by atoms with Gasteiger partial charge in [0.25, 0.3) is 5.91 Å². The molecular weight excluding hydrogens is 306 g/mol. The van der Waals surface area contributed by atoms with Crippen molar-refractivity contribution >= 4 is 11.6 Å². The SMILES string of the molecule is COc1ccccc1N1CC[NH+](CC(=O)NCc2ccco2)CC1. The van der Waals surface area contributed by atoms with E-state index in [1.807, 2.05) is 30.3 Å². The van der Waals surface area contributed by atoms with Gasteiger partial charge in [0.1, 0.15) is 11.5 Å². The fourth-order valence-corrected chi connectivity index (χ4v) is 3.02. The van der Waals surface area contributed by atoms with E-state index in [9.17, 15) is 4.79 Å². The fourth-order valence-electron chi connectivity index (χ4n) is 3.02. The quantitative estimate of drug-likeness (QED) is 0.800. The van der Waals surface area contributed by atoms with E-state index in [1.165, 1.54) is 4.90 Å². The van der Waals surface area contributed by atoms with Crippen LogP contribution in [0, 0.1) is 0 Å². The number of hydrogen-bond donors (Lipinski definition) is 2. The lowest BCUT2D eigenvalue weighted by atomic mass is 10.2. The number of nitrogens with zero attached hydrogens (tertiary/aromatic N) is 1. The number of piperazine rings is 1. The molecule has 128 valence electrons. The summed E-state index contributed by atoms with van der Waals surface area (Å²) in [6, 6.07) is 11.8. The molecule has 24 heavy (non-hydrogen) atoms. The largest absolute Gasteiger partial charge is 0.495 e. The lowest BCUT2D eigenvalue weighted by Gasteiger charge is -2.33. The van der Waals surface area contributed by atoms with Crippen molar-refractivity contribution in [3.05, 3.63) is 48.4 Å². The van der Waals surface area contributed by atoms with Crippen LogP contribution in [0.15, 0.2) is 47.1 Å². The molecule has 6 heteroatoms. The molecule has 3 rings (SSSR count). The second-order valence-electron chi connectivity index (χ2n) is 5.94. The number of anilines is 1. The fraction of sp³-hybridized carbons (Fsp3) is 0.389. The van der Waals surface area contributed by atoms with Crippen molar-refractivity contribution < 1.29 is 18.8 Å². The summed E-state index contributed by atoms with van der Waals surface area (Å²) in [5, 5.41) is 2.91. The Hall–Kier alpha value is -2.47. The second-order valence-corrected chi connectivity index (χ2v) is 5.94.